The first-order chi connectivity index (χ1) is 10.5. The Morgan fingerprint density at radius 1 is 1.14 bits per heavy atom. The molecule has 4 rings (SSSR count). The van der Waals surface area contributed by atoms with E-state index >= 15 is 0 Å². The fraction of sp³-hybridized carbons (Fsp3) is 0.167. The van der Waals surface area contributed by atoms with Crippen LogP contribution in [0.25, 0.3) is 28.4 Å². The lowest BCUT2D eigenvalue weighted by Gasteiger charge is -2.27. The Morgan fingerprint density at radius 2 is 2.00 bits per heavy atom. The first kappa shape index (κ1) is 13.6. The van der Waals surface area contributed by atoms with Crippen molar-refractivity contribution in [2.45, 2.75) is 19.4 Å². The van der Waals surface area contributed by atoms with Gasteiger partial charge in [-0.25, -0.2) is 4.98 Å². The van der Waals surface area contributed by atoms with Crippen LogP contribution in [0.4, 0.5) is 0 Å². The molecular weight excluding hydrogens is 342 g/mol. The molecule has 110 valence electrons. The molecule has 3 heterocycles. The number of rotatable bonds is 1. The number of pyridine rings is 1. The average Bonchev–Trinajstić information content (AvgIpc) is 2.91. The van der Waals surface area contributed by atoms with Crippen LogP contribution in [0, 0.1) is 0 Å². The van der Waals surface area contributed by atoms with Gasteiger partial charge in [0.1, 0.15) is 27.3 Å². The van der Waals surface area contributed by atoms with Gasteiger partial charge in [-0.2, -0.15) is 0 Å². The Bertz CT molecular complexity index is 891. The lowest BCUT2D eigenvalue weighted by atomic mass is 10.00. The second-order valence-corrected chi connectivity index (χ2v) is 6.72. The van der Waals surface area contributed by atoms with E-state index in [2.05, 4.69) is 33.1 Å². The van der Waals surface area contributed by atoms with Gasteiger partial charge in [-0.15, -0.1) is 0 Å². The van der Waals surface area contributed by atoms with Crippen molar-refractivity contribution in [1.29, 1.82) is 0 Å². The highest BCUT2D eigenvalue weighted by atomic mass is 79.9. The van der Waals surface area contributed by atoms with Crippen LogP contribution in [0.15, 0.2) is 51.6 Å². The van der Waals surface area contributed by atoms with Crippen molar-refractivity contribution >= 4 is 33.0 Å². The molecule has 0 fully saturated rings. The summed E-state index contributed by atoms with van der Waals surface area (Å²) in [5, 5.41) is 1.06. The maximum atomic E-state index is 6.01. The first-order valence-electron chi connectivity index (χ1n) is 7.09. The van der Waals surface area contributed by atoms with Crippen molar-refractivity contribution in [2.24, 2.45) is 0 Å². The highest BCUT2D eigenvalue weighted by Crippen LogP contribution is 2.39. The molecule has 0 aliphatic carbocycles. The van der Waals surface area contributed by atoms with Crippen LogP contribution in [0.2, 0.25) is 0 Å². The minimum absolute atomic E-state index is 0.275. The van der Waals surface area contributed by atoms with E-state index in [4.69, 9.17) is 9.15 Å². The Labute approximate surface area is 136 Å². The van der Waals surface area contributed by atoms with E-state index in [-0.39, 0.29) is 5.60 Å². The van der Waals surface area contributed by atoms with Gasteiger partial charge in [0.15, 0.2) is 0 Å². The monoisotopic (exact) mass is 355 g/mol. The van der Waals surface area contributed by atoms with Gasteiger partial charge in [-0.05, 0) is 66.2 Å². The molecule has 0 spiro atoms. The highest BCUT2D eigenvalue weighted by molar-refractivity contribution is 9.10. The highest BCUT2D eigenvalue weighted by Gasteiger charge is 2.23. The van der Waals surface area contributed by atoms with Gasteiger partial charge >= 0.3 is 0 Å². The van der Waals surface area contributed by atoms with Crippen molar-refractivity contribution in [3.8, 4) is 17.1 Å². The van der Waals surface area contributed by atoms with E-state index < -0.39 is 0 Å². The standard InChI is InChI=1S/C18H14BrNO2/c1-18(2)8-7-12-13-9-16(11-3-6-17(19)20-10-11)21-14(13)4-5-15(12)22-18/h3-10H,1-2H3. The van der Waals surface area contributed by atoms with Crippen LogP contribution in [-0.2, 0) is 0 Å². The molecule has 0 amide bonds. The van der Waals surface area contributed by atoms with Gasteiger partial charge < -0.3 is 9.15 Å². The van der Waals surface area contributed by atoms with E-state index in [1.165, 1.54) is 0 Å². The molecule has 0 saturated carbocycles. The number of benzene rings is 1. The average molecular weight is 356 g/mol. The Morgan fingerprint density at radius 3 is 2.77 bits per heavy atom. The third-order valence-corrected chi connectivity index (χ3v) is 4.21. The third-order valence-electron chi connectivity index (χ3n) is 3.74. The molecule has 0 saturated heterocycles. The summed E-state index contributed by atoms with van der Waals surface area (Å²) in [6.45, 7) is 4.09. The fourth-order valence-electron chi connectivity index (χ4n) is 2.64. The number of hydrogen-bond acceptors (Lipinski definition) is 3. The summed E-state index contributed by atoms with van der Waals surface area (Å²) in [5.74, 6) is 1.70. The predicted molar refractivity (Wildman–Crippen MR) is 90.9 cm³/mol. The zero-order valence-corrected chi connectivity index (χ0v) is 13.8. The van der Waals surface area contributed by atoms with E-state index in [9.17, 15) is 0 Å². The lowest BCUT2D eigenvalue weighted by Crippen LogP contribution is -2.27. The van der Waals surface area contributed by atoms with E-state index in [1.54, 1.807) is 6.20 Å². The molecule has 4 heteroatoms. The van der Waals surface area contributed by atoms with Crippen molar-refractivity contribution in [1.82, 2.24) is 4.98 Å². The number of nitrogens with zero attached hydrogens (tertiary/aromatic N) is 1. The summed E-state index contributed by atoms with van der Waals surface area (Å²) in [5.41, 5.74) is 2.60. The summed E-state index contributed by atoms with van der Waals surface area (Å²) in [6.07, 6.45) is 5.98. The van der Waals surface area contributed by atoms with Gasteiger partial charge in [0.25, 0.3) is 0 Å². The molecule has 1 aromatic carbocycles. The maximum absolute atomic E-state index is 6.01. The lowest BCUT2D eigenvalue weighted by molar-refractivity contribution is 0.159. The fourth-order valence-corrected chi connectivity index (χ4v) is 2.87. The molecule has 2 aromatic heterocycles. The number of fused-ring (bicyclic) bond motifs is 3. The smallest absolute Gasteiger partial charge is 0.136 e. The van der Waals surface area contributed by atoms with Crippen molar-refractivity contribution in [2.75, 3.05) is 0 Å². The quantitative estimate of drug-likeness (QED) is 0.545. The number of ether oxygens (including phenoxy) is 1. The number of hydrogen-bond donors (Lipinski definition) is 0. The van der Waals surface area contributed by atoms with Crippen molar-refractivity contribution in [3.63, 3.8) is 0 Å². The minimum Gasteiger partial charge on any atom is -0.483 e. The summed E-state index contributed by atoms with van der Waals surface area (Å²) in [7, 11) is 0. The van der Waals surface area contributed by atoms with Crippen LogP contribution >= 0.6 is 15.9 Å². The summed E-state index contributed by atoms with van der Waals surface area (Å²) in [4.78, 5) is 4.25. The van der Waals surface area contributed by atoms with Crippen LogP contribution < -0.4 is 4.74 Å². The molecule has 0 atom stereocenters. The Kier molecular flexibility index (Phi) is 2.91. The summed E-state index contributed by atoms with van der Waals surface area (Å²) in [6, 6.07) is 9.86. The maximum Gasteiger partial charge on any atom is 0.136 e. The molecule has 0 radical (unpaired) electrons. The molecule has 3 aromatic rings. The van der Waals surface area contributed by atoms with Gasteiger partial charge in [0, 0.05) is 22.7 Å². The number of aromatic nitrogens is 1. The van der Waals surface area contributed by atoms with E-state index in [0.29, 0.717) is 0 Å². The molecule has 22 heavy (non-hydrogen) atoms. The van der Waals surface area contributed by atoms with Crippen LogP contribution in [-0.4, -0.2) is 10.6 Å². The van der Waals surface area contributed by atoms with Crippen molar-refractivity contribution in [3.05, 3.63) is 52.8 Å². The van der Waals surface area contributed by atoms with Crippen molar-refractivity contribution < 1.29 is 9.15 Å². The second kappa shape index (κ2) is 4.71. The van der Waals surface area contributed by atoms with Crippen LogP contribution in [0.5, 0.6) is 5.75 Å². The minimum atomic E-state index is -0.275. The Hall–Kier alpha value is -2.07. The van der Waals surface area contributed by atoms with Gasteiger partial charge in [-0.3, -0.25) is 0 Å². The molecule has 1 aliphatic heterocycles. The molecule has 1 aliphatic rings. The molecule has 0 bridgehead atoms. The normalized spacial score (nSPS) is 15.6. The molecule has 0 N–H and O–H groups in total. The third kappa shape index (κ3) is 2.24. The van der Waals surface area contributed by atoms with Crippen LogP contribution in [0.1, 0.15) is 19.4 Å². The summed E-state index contributed by atoms with van der Waals surface area (Å²) < 4.78 is 12.8. The van der Waals surface area contributed by atoms with Crippen LogP contribution in [0.3, 0.4) is 0 Å². The zero-order valence-electron chi connectivity index (χ0n) is 12.3. The van der Waals surface area contributed by atoms with Gasteiger partial charge in [-0.1, -0.05) is 6.08 Å². The van der Waals surface area contributed by atoms with Gasteiger partial charge in [0.05, 0.1) is 0 Å². The van der Waals surface area contributed by atoms with E-state index in [1.807, 2.05) is 44.2 Å². The topological polar surface area (TPSA) is 35.3 Å². The summed E-state index contributed by atoms with van der Waals surface area (Å²) >= 11 is 3.35. The predicted octanol–water partition coefficient (Wildman–Crippen LogP) is 5.44. The van der Waals surface area contributed by atoms with Gasteiger partial charge in [0.2, 0.25) is 0 Å². The zero-order chi connectivity index (χ0) is 15.3. The first-order valence-corrected chi connectivity index (χ1v) is 7.88. The largest absolute Gasteiger partial charge is 0.483 e. The molecule has 0 unspecified atom stereocenters. The SMILES string of the molecule is CC1(C)C=Cc2c(ccc3oc(-c4ccc(Br)nc4)cc23)O1. The molecular formula is C18H14BrNO2. The Balaban J connectivity index is 1.87. The van der Waals surface area contributed by atoms with E-state index in [0.717, 1.165) is 38.2 Å². The number of halogens is 1. The second-order valence-electron chi connectivity index (χ2n) is 5.91. The number of furan rings is 1. The molecule has 3 nitrogen and oxygen atoms in total.